The highest BCUT2D eigenvalue weighted by atomic mass is 33.1. The first kappa shape index (κ1) is 44.0. The van der Waals surface area contributed by atoms with Crippen LogP contribution in [0.25, 0.3) is 0 Å². The van der Waals surface area contributed by atoms with Crippen molar-refractivity contribution in [3.8, 4) is 11.5 Å². The van der Waals surface area contributed by atoms with E-state index in [-0.39, 0.29) is 35.0 Å². The molecule has 6 atom stereocenters. The number of allylic oxidation sites excluding steroid dienone is 1. The van der Waals surface area contributed by atoms with E-state index >= 15 is 0 Å². The fourth-order valence-electron chi connectivity index (χ4n) is 11.3. The highest BCUT2D eigenvalue weighted by Crippen LogP contribution is 2.57. The number of benzene rings is 1. The number of aromatic nitrogens is 1. The Morgan fingerprint density at radius 3 is 2.69 bits per heavy atom. The first-order chi connectivity index (χ1) is 29.4. The lowest BCUT2D eigenvalue weighted by Crippen LogP contribution is -2.47. The third kappa shape index (κ3) is 10.3. The molecule has 3 aliphatic carbocycles. The van der Waals surface area contributed by atoms with Crippen molar-refractivity contribution in [2.75, 3.05) is 24.6 Å². The summed E-state index contributed by atoms with van der Waals surface area (Å²) in [5.41, 5.74) is 15.6. The molecule has 7 N–H and O–H groups in total. The molecule has 61 heavy (non-hydrogen) atoms. The van der Waals surface area contributed by atoms with Crippen molar-refractivity contribution in [3.05, 3.63) is 58.8 Å². The summed E-state index contributed by atoms with van der Waals surface area (Å²) in [7, 11) is 3.79. The number of esters is 1. The van der Waals surface area contributed by atoms with Crippen molar-refractivity contribution in [2.24, 2.45) is 22.1 Å². The maximum Gasteiger partial charge on any atom is 0.302 e. The normalized spacial score (nSPS) is 31.1. The van der Waals surface area contributed by atoms with Gasteiger partial charge in [0.05, 0.1) is 11.0 Å². The van der Waals surface area contributed by atoms with Crippen LogP contribution in [0.3, 0.4) is 0 Å². The lowest BCUT2D eigenvalue weighted by molar-refractivity contribution is -0.148. The predicted molar refractivity (Wildman–Crippen MR) is 243 cm³/mol. The van der Waals surface area contributed by atoms with Gasteiger partial charge in [-0.3, -0.25) is 14.6 Å². The zero-order valence-corrected chi connectivity index (χ0v) is 37.5. The second kappa shape index (κ2) is 19.0. The van der Waals surface area contributed by atoms with E-state index in [1.54, 1.807) is 6.20 Å². The van der Waals surface area contributed by atoms with Crippen LogP contribution in [-0.4, -0.2) is 79.5 Å². The van der Waals surface area contributed by atoms with Crippen LogP contribution in [-0.2, 0) is 33.7 Å². The molecular weight excluding hydrogens is 809 g/mol. The van der Waals surface area contributed by atoms with Gasteiger partial charge >= 0.3 is 5.97 Å². The SMILES string of the molecule is CC(=O)OC1CCc2cc(c(O)c3c2C2C=CC4(CCCC4C2)O3)CN2CC(Cc3ccnc(N)c3)(CCN=C(N)NC3(CCCC3)SSCCCCCCC(O)C1)CC2=O. The van der Waals surface area contributed by atoms with Crippen LogP contribution in [0.15, 0.2) is 41.5 Å². The van der Waals surface area contributed by atoms with Crippen molar-refractivity contribution in [2.45, 2.75) is 164 Å². The Hall–Kier alpha value is -3.62. The number of aromatic hydroxyl groups is 1. The number of carbonyl (C=O) groups is 2. The van der Waals surface area contributed by atoms with Crippen molar-refractivity contribution < 1.29 is 29.3 Å². The summed E-state index contributed by atoms with van der Waals surface area (Å²) in [6.07, 6.45) is 21.4. The van der Waals surface area contributed by atoms with E-state index < -0.39 is 23.2 Å². The van der Waals surface area contributed by atoms with Crippen LogP contribution in [0.4, 0.5) is 5.82 Å². The van der Waals surface area contributed by atoms with Gasteiger partial charge in [0.2, 0.25) is 5.91 Å². The van der Waals surface area contributed by atoms with Gasteiger partial charge in [0.15, 0.2) is 17.5 Å². The maximum absolute atomic E-state index is 14.2. The molecule has 1 aromatic carbocycles. The zero-order chi connectivity index (χ0) is 42.6. The van der Waals surface area contributed by atoms with Gasteiger partial charge in [0, 0.05) is 79.7 Å². The molecule has 1 saturated heterocycles. The van der Waals surface area contributed by atoms with Crippen molar-refractivity contribution in [3.63, 3.8) is 0 Å². The zero-order valence-electron chi connectivity index (χ0n) is 35.9. The van der Waals surface area contributed by atoms with Crippen LogP contribution in [0.5, 0.6) is 11.5 Å². The number of anilines is 1. The number of aryl methyl sites for hydroxylation is 1. The van der Waals surface area contributed by atoms with E-state index in [2.05, 4.69) is 28.5 Å². The van der Waals surface area contributed by atoms with Gasteiger partial charge in [-0.1, -0.05) is 59.8 Å². The number of amides is 1. The number of aliphatic hydroxyl groups excluding tert-OH is 1. The Kier molecular flexibility index (Phi) is 13.7. The molecule has 3 fully saturated rings. The number of phenolic OH excluding ortho intramolecular Hbond substituents is 1. The Labute approximate surface area is 369 Å². The number of phenols is 1. The standard InChI is InChI=1S/C47H66N6O6S2/c1-31(54)58-38-12-11-33-24-35(42(57)43-41(33)34-13-18-46(59-43)15-8-9-36(46)25-34)29-53-30-45(28-40(53)56,27-32-14-20-50-39(48)23-32)19-21-51-44(49)52-47(16-5-6-17-47)61-60-22-7-3-2-4-10-37(55)26-38/h13-14,18,20,23-24,34,36-38,55,57H,2-12,15-17,19,21-22,25-30H2,1H3,(H2,48,50)(H3,49,51,52). The molecule has 12 nitrogen and oxygen atoms in total. The molecule has 7 aliphatic rings. The Bertz CT molecular complexity index is 1970. The highest BCUT2D eigenvalue weighted by molar-refractivity contribution is 8.77. The quantitative estimate of drug-likeness (QED) is 0.115. The second-order valence-corrected chi connectivity index (χ2v) is 21.7. The number of nitrogens with one attached hydrogen (secondary N) is 1. The van der Waals surface area contributed by atoms with Crippen LogP contribution in [0.1, 0.15) is 144 Å². The molecule has 0 radical (unpaired) electrons. The number of guanidine groups is 1. The summed E-state index contributed by atoms with van der Waals surface area (Å²) < 4.78 is 12.9. The molecule has 9 rings (SSSR count). The molecule has 2 saturated carbocycles. The molecule has 6 bridgehead atoms. The third-order valence-electron chi connectivity index (χ3n) is 14.3. The Morgan fingerprint density at radius 1 is 1.03 bits per heavy atom. The number of aliphatic imine (C=N–C) groups is 1. The average Bonchev–Trinajstić information content (AvgIpc) is 3.87. The van der Waals surface area contributed by atoms with Gasteiger partial charge in [-0.2, -0.15) is 0 Å². The van der Waals surface area contributed by atoms with Gasteiger partial charge in [0.1, 0.15) is 17.5 Å². The number of fused-ring (bicyclic) bond motifs is 4. The van der Waals surface area contributed by atoms with Crippen LogP contribution in [0.2, 0.25) is 0 Å². The molecule has 1 amide bonds. The van der Waals surface area contributed by atoms with Crippen molar-refractivity contribution in [1.82, 2.24) is 15.2 Å². The first-order valence-electron chi connectivity index (χ1n) is 22.9. The lowest BCUT2D eigenvalue weighted by atomic mass is 9.75. The van der Waals surface area contributed by atoms with E-state index in [4.69, 9.17) is 25.9 Å². The van der Waals surface area contributed by atoms with Gasteiger partial charge in [-0.05, 0) is 112 Å². The molecule has 14 heteroatoms. The molecule has 5 heterocycles. The molecule has 6 unspecified atom stereocenters. The number of rotatable bonds is 3. The Morgan fingerprint density at radius 2 is 1.87 bits per heavy atom. The van der Waals surface area contributed by atoms with Crippen LogP contribution >= 0.6 is 21.6 Å². The van der Waals surface area contributed by atoms with Crippen molar-refractivity contribution in [1.29, 1.82) is 0 Å². The molecule has 4 aliphatic heterocycles. The summed E-state index contributed by atoms with van der Waals surface area (Å²) >= 11 is 0. The number of nitrogens with two attached hydrogens (primary N) is 2. The number of nitrogen functional groups attached to an aromatic ring is 1. The fourth-order valence-corrected chi connectivity index (χ4v) is 14.4. The first-order valence-corrected chi connectivity index (χ1v) is 25.2. The van der Waals surface area contributed by atoms with E-state index in [1.165, 1.54) is 6.92 Å². The van der Waals surface area contributed by atoms with Gasteiger partial charge in [0.25, 0.3) is 0 Å². The number of ether oxygens (including phenoxy) is 2. The third-order valence-corrected chi connectivity index (χ3v) is 17.5. The number of hydrogen-bond donors (Lipinski definition) is 5. The minimum atomic E-state index is -0.578. The van der Waals surface area contributed by atoms with E-state index in [1.807, 2.05) is 38.6 Å². The monoisotopic (exact) mass is 874 g/mol. The topological polar surface area (TPSA) is 186 Å². The number of aliphatic hydroxyl groups is 1. The van der Waals surface area contributed by atoms with E-state index in [0.29, 0.717) is 87.0 Å². The summed E-state index contributed by atoms with van der Waals surface area (Å²) in [4.78, 5) is 37.5. The second-order valence-electron chi connectivity index (χ2n) is 18.9. The number of carbonyl (C=O) groups excluding carboxylic acids is 2. The van der Waals surface area contributed by atoms with Crippen LogP contribution in [0, 0.1) is 11.3 Å². The largest absolute Gasteiger partial charge is 0.504 e. The van der Waals surface area contributed by atoms with Gasteiger partial charge < -0.3 is 41.4 Å². The number of pyridine rings is 1. The van der Waals surface area contributed by atoms with Crippen LogP contribution < -0.4 is 21.5 Å². The molecule has 2 spiro atoms. The molecule has 332 valence electrons. The number of nitrogens with zero attached hydrogens (tertiary/aromatic N) is 3. The molecular formula is C47H66N6O6S2. The molecule has 2 aromatic rings. The van der Waals surface area contributed by atoms with E-state index in [0.717, 1.165) is 99.5 Å². The summed E-state index contributed by atoms with van der Waals surface area (Å²) in [6, 6.07) is 5.91. The van der Waals surface area contributed by atoms with Gasteiger partial charge in [-0.15, -0.1) is 0 Å². The van der Waals surface area contributed by atoms with Gasteiger partial charge in [-0.25, -0.2) is 4.98 Å². The predicted octanol–water partition coefficient (Wildman–Crippen LogP) is 7.83. The summed E-state index contributed by atoms with van der Waals surface area (Å²) in [5, 5.41) is 27.1. The van der Waals surface area contributed by atoms with E-state index in [9.17, 15) is 19.8 Å². The average molecular weight is 875 g/mol. The summed E-state index contributed by atoms with van der Waals surface area (Å²) in [5.74, 6) is 2.67. The maximum atomic E-state index is 14.2. The molecule has 1 aromatic heterocycles. The smallest absolute Gasteiger partial charge is 0.302 e. The lowest BCUT2D eigenvalue weighted by Gasteiger charge is -2.34. The number of hydrogen-bond acceptors (Lipinski definition) is 13. The minimum Gasteiger partial charge on any atom is -0.504 e. The van der Waals surface area contributed by atoms with Crippen molar-refractivity contribution >= 4 is 45.2 Å². The summed E-state index contributed by atoms with van der Waals surface area (Å²) in [6.45, 7) is 2.59. The Balaban J connectivity index is 1.12. The minimum absolute atomic E-state index is 0.0182. The fraction of sp³-hybridized carbons (Fsp3) is 0.660. The highest BCUT2D eigenvalue weighted by Gasteiger charge is 2.51.